The number of nitrogens with zero attached hydrogens (tertiary/aromatic N) is 3. The second kappa shape index (κ2) is 10.1. The number of benzene rings is 2. The number of aromatic nitrogens is 3. The van der Waals surface area contributed by atoms with E-state index in [1.165, 1.54) is 17.3 Å². The maximum atomic E-state index is 12.4. The van der Waals surface area contributed by atoms with Gasteiger partial charge < -0.3 is 9.88 Å². The lowest BCUT2D eigenvalue weighted by Crippen LogP contribution is -2.16. The molecular formula is C21H22Cl2N4OS. The number of rotatable bonds is 8. The summed E-state index contributed by atoms with van der Waals surface area (Å²) in [6.07, 6.45) is 0.702. The van der Waals surface area contributed by atoms with Gasteiger partial charge in [-0.2, -0.15) is 0 Å². The molecule has 0 bridgehead atoms. The van der Waals surface area contributed by atoms with E-state index >= 15 is 0 Å². The first kappa shape index (κ1) is 21.7. The molecule has 152 valence electrons. The van der Waals surface area contributed by atoms with Crippen molar-refractivity contribution in [2.75, 3.05) is 11.1 Å². The van der Waals surface area contributed by atoms with Crippen LogP contribution in [0.1, 0.15) is 25.2 Å². The molecule has 1 heterocycles. The van der Waals surface area contributed by atoms with Crippen LogP contribution in [-0.2, 0) is 17.8 Å². The van der Waals surface area contributed by atoms with Crippen molar-refractivity contribution in [3.63, 3.8) is 0 Å². The number of hydrogen-bond acceptors (Lipinski definition) is 4. The predicted molar refractivity (Wildman–Crippen MR) is 120 cm³/mol. The largest absolute Gasteiger partial charge is 0.324 e. The van der Waals surface area contributed by atoms with Crippen LogP contribution in [0.4, 0.5) is 5.69 Å². The summed E-state index contributed by atoms with van der Waals surface area (Å²) in [6.45, 7) is 5.09. The van der Waals surface area contributed by atoms with Gasteiger partial charge in [0.05, 0.1) is 16.5 Å². The monoisotopic (exact) mass is 448 g/mol. The summed E-state index contributed by atoms with van der Waals surface area (Å²) < 4.78 is 2.10. The van der Waals surface area contributed by atoms with Gasteiger partial charge in [0.25, 0.3) is 0 Å². The van der Waals surface area contributed by atoms with Crippen molar-refractivity contribution in [2.24, 2.45) is 5.92 Å². The Bertz CT molecular complexity index is 976. The maximum Gasteiger partial charge on any atom is 0.234 e. The van der Waals surface area contributed by atoms with E-state index in [-0.39, 0.29) is 11.7 Å². The fraction of sp³-hybridized carbons (Fsp3) is 0.286. The first-order chi connectivity index (χ1) is 13.9. The van der Waals surface area contributed by atoms with Crippen molar-refractivity contribution in [1.29, 1.82) is 0 Å². The number of amides is 1. The van der Waals surface area contributed by atoms with E-state index in [1.54, 1.807) is 18.2 Å². The minimum atomic E-state index is -0.164. The number of carbonyl (C=O) groups excluding carboxylic acids is 1. The van der Waals surface area contributed by atoms with Gasteiger partial charge in [0.15, 0.2) is 5.16 Å². The zero-order chi connectivity index (χ0) is 20.8. The van der Waals surface area contributed by atoms with Gasteiger partial charge in [0.2, 0.25) is 5.91 Å². The van der Waals surface area contributed by atoms with Crippen LogP contribution < -0.4 is 5.32 Å². The van der Waals surface area contributed by atoms with Crippen molar-refractivity contribution in [1.82, 2.24) is 14.8 Å². The topological polar surface area (TPSA) is 59.8 Å². The smallest absolute Gasteiger partial charge is 0.234 e. The number of nitrogens with one attached hydrogen (secondary N) is 1. The van der Waals surface area contributed by atoms with Crippen LogP contribution in [0.15, 0.2) is 53.7 Å². The SMILES string of the molecule is CC(C)Cn1c(Cc2ccccc2)nnc1SCC(=O)Nc1ccc(Cl)cc1Cl. The molecule has 3 aromatic rings. The third kappa shape index (κ3) is 6.23. The van der Waals surface area contributed by atoms with Crippen molar-refractivity contribution in [3.05, 3.63) is 70.0 Å². The molecule has 1 aromatic heterocycles. The molecule has 0 aliphatic rings. The molecule has 5 nitrogen and oxygen atoms in total. The Morgan fingerprint density at radius 1 is 1.14 bits per heavy atom. The van der Waals surface area contributed by atoms with Gasteiger partial charge in [-0.3, -0.25) is 4.79 Å². The highest BCUT2D eigenvalue weighted by atomic mass is 35.5. The van der Waals surface area contributed by atoms with Gasteiger partial charge >= 0.3 is 0 Å². The summed E-state index contributed by atoms with van der Waals surface area (Å²) in [5, 5.41) is 13.2. The Balaban J connectivity index is 1.68. The summed E-state index contributed by atoms with van der Waals surface area (Å²) in [4.78, 5) is 12.4. The average molecular weight is 449 g/mol. The second-order valence-corrected chi connectivity index (χ2v) is 8.81. The highest BCUT2D eigenvalue weighted by molar-refractivity contribution is 7.99. The summed E-state index contributed by atoms with van der Waals surface area (Å²) in [5.74, 6) is 1.37. The van der Waals surface area contributed by atoms with Crippen LogP contribution in [0.2, 0.25) is 10.0 Å². The van der Waals surface area contributed by atoms with Crippen LogP contribution in [-0.4, -0.2) is 26.4 Å². The van der Waals surface area contributed by atoms with Crippen LogP contribution in [0.25, 0.3) is 0 Å². The zero-order valence-corrected chi connectivity index (χ0v) is 18.6. The fourth-order valence-electron chi connectivity index (χ4n) is 2.79. The van der Waals surface area contributed by atoms with Gasteiger partial charge in [-0.1, -0.05) is 79.1 Å². The summed E-state index contributed by atoms with van der Waals surface area (Å²) in [6, 6.07) is 15.1. The predicted octanol–water partition coefficient (Wildman–Crippen LogP) is 5.56. The van der Waals surface area contributed by atoms with Gasteiger partial charge in [-0.15, -0.1) is 10.2 Å². The fourth-order valence-corrected chi connectivity index (χ4v) is 4.01. The molecule has 2 aromatic carbocycles. The Morgan fingerprint density at radius 3 is 2.59 bits per heavy atom. The van der Waals surface area contributed by atoms with Gasteiger partial charge in [0.1, 0.15) is 5.82 Å². The molecular weight excluding hydrogens is 427 g/mol. The third-order valence-electron chi connectivity index (χ3n) is 4.08. The molecule has 0 unspecified atom stereocenters. The van der Waals surface area contributed by atoms with Crippen LogP contribution in [0, 0.1) is 5.92 Å². The van der Waals surface area contributed by atoms with Crippen molar-refractivity contribution in [2.45, 2.75) is 32.0 Å². The van der Waals surface area contributed by atoms with Crippen molar-refractivity contribution < 1.29 is 4.79 Å². The minimum Gasteiger partial charge on any atom is -0.324 e. The third-order valence-corrected chi connectivity index (χ3v) is 5.60. The highest BCUT2D eigenvalue weighted by Gasteiger charge is 2.16. The standard InChI is InChI=1S/C21H22Cl2N4OS/c1-14(2)12-27-19(10-15-6-4-3-5-7-15)25-26-21(27)29-13-20(28)24-18-9-8-16(22)11-17(18)23/h3-9,11,14H,10,12-13H2,1-2H3,(H,24,28). The number of carbonyl (C=O) groups is 1. The Labute approximate surface area is 184 Å². The van der Waals surface area contributed by atoms with Crippen LogP contribution >= 0.6 is 35.0 Å². The lowest BCUT2D eigenvalue weighted by Gasteiger charge is -2.13. The zero-order valence-electron chi connectivity index (χ0n) is 16.2. The van der Waals surface area contributed by atoms with Gasteiger partial charge in [-0.25, -0.2) is 0 Å². The van der Waals surface area contributed by atoms with E-state index < -0.39 is 0 Å². The molecule has 1 N–H and O–H groups in total. The Hall–Kier alpha value is -2.02. The molecule has 3 rings (SSSR count). The molecule has 0 spiro atoms. The van der Waals surface area contributed by atoms with E-state index in [1.807, 2.05) is 18.2 Å². The van der Waals surface area contributed by atoms with Crippen LogP contribution in [0.5, 0.6) is 0 Å². The van der Waals surface area contributed by atoms with Crippen LogP contribution in [0.3, 0.4) is 0 Å². The van der Waals surface area contributed by atoms with E-state index in [0.717, 1.165) is 17.5 Å². The lowest BCUT2D eigenvalue weighted by molar-refractivity contribution is -0.113. The summed E-state index contributed by atoms with van der Waals surface area (Å²) in [5.41, 5.74) is 1.71. The molecule has 0 radical (unpaired) electrons. The normalized spacial score (nSPS) is 11.1. The quantitative estimate of drug-likeness (QED) is 0.458. The van der Waals surface area contributed by atoms with E-state index in [2.05, 4.69) is 46.1 Å². The molecule has 0 saturated carbocycles. The number of halogens is 2. The second-order valence-electron chi connectivity index (χ2n) is 7.03. The molecule has 0 fully saturated rings. The molecule has 8 heteroatoms. The van der Waals surface area contributed by atoms with E-state index in [4.69, 9.17) is 23.2 Å². The summed E-state index contributed by atoms with van der Waals surface area (Å²) in [7, 11) is 0. The Morgan fingerprint density at radius 2 is 1.90 bits per heavy atom. The molecule has 0 aliphatic carbocycles. The lowest BCUT2D eigenvalue weighted by atomic mass is 10.1. The first-order valence-electron chi connectivity index (χ1n) is 9.26. The maximum absolute atomic E-state index is 12.4. The first-order valence-corrected chi connectivity index (χ1v) is 11.0. The van der Waals surface area contributed by atoms with E-state index in [9.17, 15) is 4.79 Å². The van der Waals surface area contributed by atoms with E-state index in [0.29, 0.717) is 28.1 Å². The van der Waals surface area contributed by atoms with Crippen molar-refractivity contribution in [3.8, 4) is 0 Å². The van der Waals surface area contributed by atoms with Crippen molar-refractivity contribution >= 4 is 46.6 Å². The van der Waals surface area contributed by atoms with Gasteiger partial charge in [0, 0.05) is 18.0 Å². The minimum absolute atomic E-state index is 0.164. The average Bonchev–Trinajstić information content (AvgIpc) is 3.04. The molecule has 1 amide bonds. The number of hydrogen-bond donors (Lipinski definition) is 1. The highest BCUT2D eigenvalue weighted by Crippen LogP contribution is 2.26. The number of thioether (sulfide) groups is 1. The Kier molecular flexibility index (Phi) is 7.58. The van der Waals surface area contributed by atoms with Gasteiger partial charge in [-0.05, 0) is 29.7 Å². The molecule has 0 aliphatic heterocycles. The molecule has 0 saturated heterocycles. The molecule has 29 heavy (non-hydrogen) atoms. The molecule has 0 atom stereocenters. The summed E-state index contributed by atoms with van der Waals surface area (Å²) >= 11 is 13.4. The number of anilines is 1.